The Bertz CT molecular complexity index is 895. The number of anilines is 1. The van der Waals surface area contributed by atoms with Gasteiger partial charge in [-0.15, -0.1) is 0 Å². The Morgan fingerprint density at radius 2 is 2.00 bits per heavy atom. The molecule has 7 nitrogen and oxygen atoms in total. The smallest absolute Gasteiger partial charge is 0.414 e. The highest BCUT2D eigenvalue weighted by molar-refractivity contribution is 5.82. The van der Waals surface area contributed by atoms with Gasteiger partial charge >= 0.3 is 6.09 Å². The van der Waals surface area contributed by atoms with Gasteiger partial charge in [-0.05, 0) is 45.9 Å². The minimum absolute atomic E-state index is 0.187. The summed E-state index contributed by atoms with van der Waals surface area (Å²) < 4.78 is 7.17. The first-order chi connectivity index (χ1) is 11.3. The molecule has 0 radical (unpaired) electrons. The van der Waals surface area contributed by atoms with Crippen molar-refractivity contribution in [3.63, 3.8) is 0 Å². The van der Waals surface area contributed by atoms with Gasteiger partial charge in [-0.25, -0.2) is 19.7 Å². The number of carbonyl (C=O) groups is 1. The number of aryl methyl sites for hydroxylation is 1. The number of aromatic nitrogens is 4. The van der Waals surface area contributed by atoms with Crippen molar-refractivity contribution in [2.75, 3.05) is 5.32 Å². The maximum atomic E-state index is 11.9. The first kappa shape index (κ1) is 15.9. The molecule has 3 aromatic heterocycles. The minimum atomic E-state index is -0.588. The number of nitrogens with one attached hydrogen (secondary N) is 1. The zero-order chi connectivity index (χ0) is 17.3. The predicted molar refractivity (Wildman–Crippen MR) is 90.8 cm³/mol. The van der Waals surface area contributed by atoms with Crippen LogP contribution in [0.15, 0.2) is 36.7 Å². The first-order valence-electron chi connectivity index (χ1n) is 7.60. The van der Waals surface area contributed by atoms with Crippen LogP contribution in [0.5, 0.6) is 0 Å². The molecule has 0 bridgehead atoms. The van der Waals surface area contributed by atoms with Gasteiger partial charge in [-0.1, -0.05) is 6.07 Å². The minimum Gasteiger partial charge on any atom is -0.444 e. The molecule has 1 amide bonds. The number of rotatable bonds is 2. The second-order valence-electron chi connectivity index (χ2n) is 6.37. The Morgan fingerprint density at radius 1 is 1.21 bits per heavy atom. The zero-order valence-corrected chi connectivity index (χ0v) is 14.1. The second-order valence-corrected chi connectivity index (χ2v) is 6.37. The fraction of sp³-hybridized carbons (Fsp3) is 0.294. The van der Waals surface area contributed by atoms with Crippen LogP contribution in [0.25, 0.3) is 17.0 Å². The van der Waals surface area contributed by atoms with Gasteiger partial charge < -0.3 is 4.74 Å². The van der Waals surface area contributed by atoms with Crippen molar-refractivity contribution in [3.05, 3.63) is 42.4 Å². The number of hydrogen-bond acceptors (Lipinski definition) is 5. The molecule has 0 atom stereocenters. The lowest BCUT2D eigenvalue weighted by atomic mass is 10.2. The van der Waals surface area contributed by atoms with E-state index >= 15 is 0 Å². The molecule has 0 saturated heterocycles. The number of ether oxygens (including phenoxy) is 1. The average molecular weight is 325 g/mol. The lowest BCUT2D eigenvalue weighted by Gasteiger charge is -2.19. The number of pyridine rings is 1. The molecule has 0 fully saturated rings. The highest BCUT2D eigenvalue weighted by Gasteiger charge is 2.18. The monoisotopic (exact) mass is 325 g/mol. The number of carbonyl (C=O) groups excluding carboxylic acids is 1. The average Bonchev–Trinajstić information content (AvgIpc) is 2.81. The van der Waals surface area contributed by atoms with Crippen LogP contribution >= 0.6 is 0 Å². The van der Waals surface area contributed by atoms with Crippen LogP contribution in [0.1, 0.15) is 26.5 Å². The third kappa shape index (κ3) is 3.34. The largest absolute Gasteiger partial charge is 0.444 e. The van der Waals surface area contributed by atoms with Gasteiger partial charge in [0.1, 0.15) is 11.2 Å². The summed E-state index contributed by atoms with van der Waals surface area (Å²) >= 11 is 0. The predicted octanol–water partition coefficient (Wildman–Crippen LogP) is 3.45. The van der Waals surface area contributed by atoms with Crippen LogP contribution in [0, 0.1) is 6.92 Å². The fourth-order valence-corrected chi connectivity index (χ4v) is 2.37. The van der Waals surface area contributed by atoms with Gasteiger partial charge in [-0.3, -0.25) is 9.72 Å². The van der Waals surface area contributed by atoms with Crippen molar-refractivity contribution in [3.8, 4) is 11.4 Å². The third-order valence-corrected chi connectivity index (χ3v) is 3.22. The molecule has 24 heavy (non-hydrogen) atoms. The Labute approximate surface area is 139 Å². The molecule has 124 valence electrons. The van der Waals surface area contributed by atoms with Crippen molar-refractivity contribution in [1.82, 2.24) is 19.4 Å². The summed E-state index contributed by atoms with van der Waals surface area (Å²) in [6, 6.07) is 7.57. The Hall–Kier alpha value is -2.96. The SMILES string of the molecule is Cc1nc2ccccn2c1-c1ccnc(NC(=O)OC(C)(C)C)n1. The van der Waals surface area contributed by atoms with Crippen molar-refractivity contribution in [2.45, 2.75) is 33.3 Å². The molecule has 3 rings (SSSR count). The van der Waals surface area contributed by atoms with E-state index in [-0.39, 0.29) is 5.95 Å². The molecular weight excluding hydrogens is 306 g/mol. The summed E-state index contributed by atoms with van der Waals surface area (Å²) in [6.45, 7) is 7.31. The molecule has 0 unspecified atom stereocenters. The number of imidazole rings is 1. The van der Waals surface area contributed by atoms with Crippen molar-refractivity contribution >= 4 is 17.7 Å². The van der Waals surface area contributed by atoms with Crippen LogP contribution < -0.4 is 5.32 Å². The summed E-state index contributed by atoms with van der Waals surface area (Å²) in [4.78, 5) is 24.9. The Kier molecular flexibility index (Phi) is 3.92. The van der Waals surface area contributed by atoms with Gasteiger partial charge in [0.2, 0.25) is 5.95 Å². The maximum Gasteiger partial charge on any atom is 0.414 e. The maximum absolute atomic E-state index is 11.9. The fourth-order valence-electron chi connectivity index (χ4n) is 2.37. The van der Waals surface area contributed by atoms with Crippen LogP contribution in [-0.2, 0) is 4.74 Å². The molecular formula is C17H19N5O2. The lowest BCUT2D eigenvalue weighted by Crippen LogP contribution is -2.27. The number of nitrogens with zero attached hydrogens (tertiary/aromatic N) is 4. The van der Waals surface area contributed by atoms with Gasteiger partial charge in [-0.2, -0.15) is 0 Å². The quantitative estimate of drug-likeness (QED) is 0.780. The van der Waals surface area contributed by atoms with Crippen molar-refractivity contribution in [2.24, 2.45) is 0 Å². The summed E-state index contributed by atoms with van der Waals surface area (Å²) in [5, 5.41) is 2.56. The van der Waals surface area contributed by atoms with Crippen LogP contribution in [0.3, 0.4) is 0 Å². The Balaban J connectivity index is 1.93. The third-order valence-electron chi connectivity index (χ3n) is 3.22. The van der Waals surface area contributed by atoms with Crippen LogP contribution in [-0.4, -0.2) is 31.0 Å². The molecule has 0 aliphatic carbocycles. The summed E-state index contributed by atoms with van der Waals surface area (Å²) in [5.74, 6) is 0.187. The lowest BCUT2D eigenvalue weighted by molar-refractivity contribution is 0.0634. The van der Waals surface area contributed by atoms with E-state index in [1.165, 1.54) is 0 Å². The molecule has 0 aromatic carbocycles. The van der Waals surface area contributed by atoms with E-state index in [4.69, 9.17) is 4.74 Å². The van der Waals surface area contributed by atoms with Crippen molar-refractivity contribution in [1.29, 1.82) is 0 Å². The van der Waals surface area contributed by atoms with E-state index < -0.39 is 11.7 Å². The topological polar surface area (TPSA) is 81.4 Å². The number of fused-ring (bicyclic) bond motifs is 1. The molecule has 0 aliphatic rings. The van der Waals surface area contributed by atoms with E-state index in [0.29, 0.717) is 5.69 Å². The standard InChI is InChI=1S/C17H19N5O2/c1-11-14(22-10-6-5-7-13(22)19-11)12-8-9-18-15(20-12)21-16(23)24-17(2,3)4/h5-10H,1-4H3,(H,18,20,21,23). The zero-order valence-electron chi connectivity index (χ0n) is 14.1. The van der Waals surface area contributed by atoms with Crippen molar-refractivity contribution < 1.29 is 9.53 Å². The number of amides is 1. The summed E-state index contributed by atoms with van der Waals surface area (Å²) in [6.07, 6.45) is 2.93. The van der Waals surface area contributed by atoms with E-state index in [2.05, 4.69) is 20.3 Å². The van der Waals surface area contributed by atoms with Gasteiger partial charge in [0.25, 0.3) is 0 Å². The van der Waals surface area contributed by atoms with E-state index in [9.17, 15) is 4.79 Å². The van der Waals surface area contributed by atoms with E-state index in [1.54, 1.807) is 33.0 Å². The van der Waals surface area contributed by atoms with Gasteiger partial charge in [0.05, 0.1) is 17.1 Å². The van der Waals surface area contributed by atoms with Crippen LogP contribution in [0.4, 0.5) is 10.7 Å². The highest BCUT2D eigenvalue weighted by Crippen LogP contribution is 2.23. The number of hydrogen-bond donors (Lipinski definition) is 1. The second kappa shape index (κ2) is 5.92. The van der Waals surface area contributed by atoms with E-state index in [1.807, 2.05) is 35.7 Å². The molecule has 3 aromatic rings. The summed E-state index contributed by atoms with van der Waals surface area (Å²) in [7, 11) is 0. The van der Waals surface area contributed by atoms with E-state index in [0.717, 1.165) is 17.0 Å². The molecule has 1 N–H and O–H groups in total. The van der Waals surface area contributed by atoms with Gasteiger partial charge in [0, 0.05) is 12.4 Å². The molecule has 7 heteroatoms. The van der Waals surface area contributed by atoms with Gasteiger partial charge in [0.15, 0.2) is 0 Å². The molecule has 0 spiro atoms. The molecule has 0 aliphatic heterocycles. The normalized spacial score (nSPS) is 11.5. The highest BCUT2D eigenvalue weighted by atomic mass is 16.6. The molecule has 0 saturated carbocycles. The van der Waals surface area contributed by atoms with Crippen LogP contribution in [0.2, 0.25) is 0 Å². The molecule has 3 heterocycles. The first-order valence-corrected chi connectivity index (χ1v) is 7.60. The Morgan fingerprint density at radius 3 is 2.75 bits per heavy atom. The summed E-state index contributed by atoms with van der Waals surface area (Å²) in [5.41, 5.74) is 2.64.